The predicted octanol–water partition coefficient (Wildman–Crippen LogP) is 6.77. The van der Waals surface area contributed by atoms with Crippen molar-refractivity contribution in [2.45, 2.75) is 105 Å². The molecule has 0 unspecified atom stereocenters. The normalized spacial score (nSPS) is 46.9. The summed E-state index contributed by atoms with van der Waals surface area (Å²) < 4.78 is 6.37. The zero-order chi connectivity index (χ0) is 23.8. The summed E-state index contributed by atoms with van der Waals surface area (Å²) in [5.41, 5.74) is 4.02. The zero-order valence-corrected chi connectivity index (χ0v) is 21.5. The quantitative estimate of drug-likeness (QED) is 0.380. The molecule has 2 bridgehead atoms. The van der Waals surface area contributed by atoms with Gasteiger partial charge >= 0.3 is 5.97 Å². The number of allylic oxidation sites excluding steroid dienone is 3. The number of rotatable bonds is 3. The number of aliphatic hydroxyl groups excluding tert-OH is 1. The van der Waals surface area contributed by atoms with Crippen molar-refractivity contribution in [3.63, 3.8) is 0 Å². The van der Waals surface area contributed by atoms with Gasteiger partial charge < -0.3 is 9.84 Å². The molecule has 3 fully saturated rings. The lowest BCUT2D eigenvalue weighted by molar-refractivity contribution is -0.175. The first-order valence-corrected chi connectivity index (χ1v) is 13.5. The highest BCUT2D eigenvalue weighted by Crippen LogP contribution is 2.70. The van der Waals surface area contributed by atoms with E-state index >= 15 is 0 Å². The van der Waals surface area contributed by atoms with Gasteiger partial charge in [0.15, 0.2) is 0 Å². The van der Waals surface area contributed by atoms with Gasteiger partial charge in [0.25, 0.3) is 0 Å². The van der Waals surface area contributed by atoms with E-state index in [2.05, 4.69) is 40.3 Å². The average molecular weight is 453 g/mol. The van der Waals surface area contributed by atoms with E-state index in [-0.39, 0.29) is 23.4 Å². The Kier molecular flexibility index (Phi) is 5.55. The number of fused-ring (bicyclic) bond motifs is 3. The fourth-order valence-electron chi connectivity index (χ4n) is 8.96. The lowest BCUT2D eigenvalue weighted by Gasteiger charge is -2.60. The van der Waals surface area contributed by atoms with E-state index in [1.807, 2.05) is 13.0 Å². The molecule has 1 N–H and O–H groups in total. The molecule has 3 heteroatoms. The summed E-state index contributed by atoms with van der Waals surface area (Å²) in [6, 6.07) is 0. The third-order valence-electron chi connectivity index (χ3n) is 10.9. The molecule has 33 heavy (non-hydrogen) atoms. The molecule has 0 radical (unpaired) electrons. The standard InChI is InChI=1S/C30H44O3/c1-18(2)22-15-23(31)19(3)14-24(22)33-27(32)29(6)12-7-11-28(5)25(29)10-13-30-16-20(4)21(17-30)8-9-26(28)30/h9,14,18,21-25,31H,4,7-8,10-13,15-17H2,1-3,5-6H3/t21-,22-,23+,24+,25+,28-,29-,30-/m1/s1. The van der Waals surface area contributed by atoms with Crippen molar-refractivity contribution in [1.29, 1.82) is 0 Å². The molecule has 0 aromatic heterocycles. The van der Waals surface area contributed by atoms with E-state index in [1.54, 1.807) is 5.57 Å². The summed E-state index contributed by atoms with van der Waals surface area (Å²) in [6.45, 7) is 15.4. The molecule has 8 atom stereocenters. The first kappa shape index (κ1) is 23.4. The lowest BCUT2D eigenvalue weighted by Crippen LogP contribution is -2.55. The molecule has 5 aliphatic carbocycles. The first-order valence-electron chi connectivity index (χ1n) is 13.5. The van der Waals surface area contributed by atoms with Crippen LogP contribution in [0.15, 0.2) is 35.5 Å². The van der Waals surface area contributed by atoms with Crippen molar-refractivity contribution < 1.29 is 14.6 Å². The number of esters is 1. The van der Waals surface area contributed by atoms with Crippen LogP contribution < -0.4 is 0 Å². The Labute approximate surface area is 200 Å². The maximum atomic E-state index is 14.0. The first-order chi connectivity index (χ1) is 15.5. The van der Waals surface area contributed by atoms with E-state index < -0.39 is 11.5 Å². The summed E-state index contributed by atoms with van der Waals surface area (Å²) in [5.74, 6) is 1.54. The minimum Gasteiger partial charge on any atom is -0.457 e. The Hall–Kier alpha value is -1.35. The van der Waals surface area contributed by atoms with E-state index in [9.17, 15) is 9.90 Å². The molecule has 3 nitrogen and oxygen atoms in total. The van der Waals surface area contributed by atoms with Crippen molar-refractivity contribution in [1.82, 2.24) is 0 Å². The molecule has 3 saturated carbocycles. The molecular weight excluding hydrogens is 408 g/mol. The van der Waals surface area contributed by atoms with Crippen molar-refractivity contribution in [2.75, 3.05) is 0 Å². The van der Waals surface area contributed by atoms with Gasteiger partial charge in [-0.25, -0.2) is 0 Å². The molecule has 182 valence electrons. The van der Waals surface area contributed by atoms with Gasteiger partial charge in [0.05, 0.1) is 11.5 Å². The van der Waals surface area contributed by atoms with Gasteiger partial charge in [0.1, 0.15) is 6.10 Å². The second-order valence-corrected chi connectivity index (χ2v) is 13.1. The van der Waals surface area contributed by atoms with Crippen LogP contribution in [-0.2, 0) is 9.53 Å². The predicted molar refractivity (Wildman–Crippen MR) is 132 cm³/mol. The molecule has 5 aliphatic rings. The molecule has 1 spiro atoms. The molecular formula is C30H44O3. The number of carbonyl (C=O) groups excluding carboxylic acids is 1. The molecule has 0 heterocycles. The van der Waals surface area contributed by atoms with Crippen molar-refractivity contribution >= 4 is 5.97 Å². The summed E-state index contributed by atoms with van der Waals surface area (Å²) in [7, 11) is 0. The van der Waals surface area contributed by atoms with Gasteiger partial charge in [-0.1, -0.05) is 51.0 Å². The van der Waals surface area contributed by atoms with Gasteiger partial charge in [-0.05, 0) is 105 Å². The Morgan fingerprint density at radius 1 is 1.24 bits per heavy atom. The van der Waals surface area contributed by atoms with Gasteiger partial charge in [0, 0.05) is 5.92 Å². The second kappa shape index (κ2) is 7.83. The monoisotopic (exact) mass is 452 g/mol. The highest BCUT2D eigenvalue weighted by molar-refractivity contribution is 5.78. The highest BCUT2D eigenvalue weighted by Gasteiger charge is 2.63. The van der Waals surface area contributed by atoms with Crippen LogP contribution in [0.25, 0.3) is 0 Å². The average Bonchev–Trinajstić information content (AvgIpc) is 2.98. The highest BCUT2D eigenvalue weighted by atomic mass is 16.5. The summed E-state index contributed by atoms with van der Waals surface area (Å²) in [6.07, 6.45) is 13.7. The van der Waals surface area contributed by atoms with Crippen molar-refractivity contribution in [2.24, 2.45) is 39.9 Å². The maximum Gasteiger partial charge on any atom is 0.312 e. The molecule has 0 saturated heterocycles. The van der Waals surface area contributed by atoms with E-state index in [0.717, 1.165) is 37.7 Å². The SMILES string of the molecule is C=C1C[C@@]23CC[C@@H]4[C@](C)(C(=O)O[C@H]5C=C(C)[C@@H](O)C[C@@H]5C(C)C)CCC[C@@]4(C)C2=CC[C@@H]1C3. The van der Waals surface area contributed by atoms with E-state index in [1.165, 1.54) is 24.8 Å². The minimum atomic E-state index is -0.443. The molecule has 5 rings (SSSR count). The summed E-state index contributed by atoms with van der Waals surface area (Å²) in [5, 5.41) is 10.4. The van der Waals surface area contributed by atoms with Crippen LogP contribution >= 0.6 is 0 Å². The van der Waals surface area contributed by atoms with Crippen LogP contribution in [0.2, 0.25) is 0 Å². The van der Waals surface area contributed by atoms with Crippen LogP contribution in [0.5, 0.6) is 0 Å². The summed E-state index contributed by atoms with van der Waals surface area (Å²) in [4.78, 5) is 14.0. The van der Waals surface area contributed by atoms with Gasteiger partial charge in [-0.15, -0.1) is 0 Å². The fraction of sp³-hybridized carbons (Fsp3) is 0.767. The molecule has 0 aromatic carbocycles. The van der Waals surface area contributed by atoms with Crippen LogP contribution in [0.4, 0.5) is 0 Å². The van der Waals surface area contributed by atoms with Crippen molar-refractivity contribution in [3.05, 3.63) is 35.5 Å². The topological polar surface area (TPSA) is 46.5 Å². The van der Waals surface area contributed by atoms with Crippen LogP contribution in [0.3, 0.4) is 0 Å². The van der Waals surface area contributed by atoms with Gasteiger partial charge in [0.2, 0.25) is 0 Å². The summed E-state index contributed by atoms with van der Waals surface area (Å²) >= 11 is 0. The van der Waals surface area contributed by atoms with Gasteiger partial charge in [-0.3, -0.25) is 4.79 Å². The lowest BCUT2D eigenvalue weighted by atomic mass is 9.44. The largest absolute Gasteiger partial charge is 0.457 e. The van der Waals surface area contributed by atoms with Crippen molar-refractivity contribution in [3.8, 4) is 0 Å². The number of aliphatic hydroxyl groups is 1. The van der Waals surface area contributed by atoms with E-state index in [0.29, 0.717) is 29.6 Å². The van der Waals surface area contributed by atoms with Crippen LogP contribution in [0.1, 0.15) is 92.4 Å². The Balaban J connectivity index is 1.43. The maximum absolute atomic E-state index is 14.0. The third kappa shape index (κ3) is 3.43. The molecule has 0 aromatic rings. The number of ether oxygens (including phenoxy) is 1. The number of carbonyl (C=O) groups is 1. The molecule has 0 aliphatic heterocycles. The third-order valence-corrected chi connectivity index (χ3v) is 10.9. The van der Waals surface area contributed by atoms with Gasteiger partial charge in [-0.2, -0.15) is 0 Å². The zero-order valence-electron chi connectivity index (χ0n) is 21.5. The van der Waals surface area contributed by atoms with Crippen LogP contribution in [0, 0.1) is 39.9 Å². The number of hydrogen-bond donors (Lipinski definition) is 1. The Morgan fingerprint density at radius 2 is 2.00 bits per heavy atom. The Bertz CT molecular complexity index is 912. The van der Waals surface area contributed by atoms with E-state index in [4.69, 9.17) is 4.74 Å². The molecule has 0 amide bonds. The second-order valence-electron chi connectivity index (χ2n) is 13.1. The Morgan fingerprint density at radius 3 is 2.73 bits per heavy atom. The fourth-order valence-corrected chi connectivity index (χ4v) is 8.96. The van der Waals surface area contributed by atoms with Crippen LogP contribution in [-0.4, -0.2) is 23.3 Å². The minimum absolute atomic E-state index is 0.00409. The number of hydrogen-bond acceptors (Lipinski definition) is 3. The smallest absolute Gasteiger partial charge is 0.312 e.